The van der Waals surface area contributed by atoms with E-state index >= 15 is 0 Å². The van der Waals surface area contributed by atoms with Gasteiger partial charge >= 0.3 is 0 Å². The molecule has 1 unspecified atom stereocenters. The molecule has 0 spiro atoms. The molecule has 0 N–H and O–H groups in total. The summed E-state index contributed by atoms with van der Waals surface area (Å²) in [6.07, 6.45) is 2.74. The van der Waals surface area contributed by atoms with Gasteiger partial charge in [-0.3, -0.25) is 0 Å². The van der Waals surface area contributed by atoms with Crippen molar-refractivity contribution in [2.75, 3.05) is 45.6 Å². The Morgan fingerprint density at radius 1 is 1.22 bits per heavy atom. The first-order valence-corrected chi connectivity index (χ1v) is 8.38. The van der Waals surface area contributed by atoms with E-state index < -0.39 is 0 Å². The van der Waals surface area contributed by atoms with Crippen molar-refractivity contribution >= 4 is 15.9 Å². The van der Waals surface area contributed by atoms with Gasteiger partial charge in [0.25, 0.3) is 0 Å². The van der Waals surface area contributed by atoms with E-state index in [1.54, 1.807) is 0 Å². The van der Waals surface area contributed by atoms with Crippen LogP contribution in [0.25, 0.3) is 0 Å². The molecule has 1 saturated heterocycles. The molecule has 1 fully saturated rings. The summed E-state index contributed by atoms with van der Waals surface area (Å²) in [6, 6.07) is 0. The minimum Gasteiger partial charge on any atom is -0.309 e. The number of piperidine rings is 1. The fraction of sp³-hybridized carbons (Fsp3) is 1.00. The highest BCUT2D eigenvalue weighted by Gasteiger charge is 2.27. The van der Waals surface area contributed by atoms with Crippen LogP contribution in [-0.2, 0) is 0 Å². The zero-order valence-electron chi connectivity index (χ0n) is 12.9. The molecule has 1 rings (SSSR count). The first kappa shape index (κ1) is 16.5. The highest BCUT2D eigenvalue weighted by molar-refractivity contribution is 9.09. The zero-order valence-corrected chi connectivity index (χ0v) is 14.5. The average Bonchev–Trinajstić information content (AvgIpc) is 2.25. The molecule has 1 atom stereocenters. The second-order valence-electron chi connectivity index (χ2n) is 7.22. The van der Waals surface area contributed by atoms with E-state index in [2.05, 4.69) is 60.6 Å². The first-order chi connectivity index (χ1) is 8.32. The van der Waals surface area contributed by atoms with Crippen LogP contribution in [-0.4, -0.2) is 55.4 Å². The first-order valence-electron chi connectivity index (χ1n) is 7.26. The van der Waals surface area contributed by atoms with E-state index in [0.29, 0.717) is 5.41 Å². The van der Waals surface area contributed by atoms with Crippen LogP contribution in [0, 0.1) is 17.3 Å². The molecule has 0 radical (unpaired) electrons. The summed E-state index contributed by atoms with van der Waals surface area (Å²) in [5.74, 6) is 1.66. The lowest BCUT2D eigenvalue weighted by Crippen LogP contribution is -2.42. The fourth-order valence-corrected chi connectivity index (χ4v) is 3.91. The van der Waals surface area contributed by atoms with Crippen molar-refractivity contribution in [3.05, 3.63) is 0 Å². The number of halogens is 1. The van der Waals surface area contributed by atoms with Gasteiger partial charge < -0.3 is 9.80 Å². The SMILES string of the molecule is CN(C)CC1CCN(CC(CBr)C(C)(C)C)CC1. The molecule has 0 aromatic heterocycles. The van der Waals surface area contributed by atoms with Crippen LogP contribution in [0.15, 0.2) is 0 Å². The maximum Gasteiger partial charge on any atom is 0.00768 e. The third-order valence-electron chi connectivity index (χ3n) is 4.22. The Hall–Kier alpha value is 0.400. The molecular weight excluding hydrogens is 288 g/mol. The summed E-state index contributed by atoms with van der Waals surface area (Å²) in [5.41, 5.74) is 0.407. The Kier molecular flexibility index (Phi) is 6.63. The topological polar surface area (TPSA) is 6.48 Å². The van der Waals surface area contributed by atoms with Crippen molar-refractivity contribution in [1.82, 2.24) is 9.80 Å². The average molecular weight is 319 g/mol. The normalized spacial score (nSPS) is 21.5. The van der Waals surface area contributed by atoms with Gasteiger partial charge in [-0.2, -0.15) is 0 Å². The predicted molar refractivity (Wildman–Crippen MR) is 84.5 cm³/mol. The molecule has 0 amide bonds. The molecular formula is C15H31BrN2. The number of likely N-dealkylation sites (tertiary alicyclic amines) is 1. The lowest BCUT2D eigenvalue weighted by Gasteiger charge is -2.38. The number of hydrogen-bond acceptors (Lipinski definition) is 2. The Morgan fingerprint density at radius 2 is 1.78 bits per heavy atom. The third kappa shape index (κ3) is 5.58. The number of nitrogens with zero attached hydrogens (tertiary/aromatic N) is 2. The minimum atomic E-state index is 0.407. The lowest BCUT2D eigenvalue weighted by atomic mass is 9.81. The van der Waals surface area contributed by atoms with Crippen LogP contribution in [0.4, 0.5) is 0 Å². The number of alkyl halides is 1. The zero-order chi connectivity index (χ0) is 13.8. The highest BCUT2D eigenvalue weighted by Crippen LogP contribution is 2.29. The third-order valence-corrected chi connectivity index (χ3v) is 5.00. The van der Waals surface area contributed by atoms with E-state index in [0.717, 1.165) is 17.2 Å². The molecule has 2 nitrogen and oxygen atoms in total. The summed E-state index contributed by atoms with van der Waals surface area (Å²) in [7, 11) is 4.37. The summed E-state index contributed by atoms with van der Waals surface area (Å²) in [6.45, 7) is 12.2. The van der Waals surface area contributed by atoms with Crippen LogP contribution >= 0.6 is 15.9 Å². The molecule has 1 aliphatic rings. The monoisotopic (exact) mass is 318 g/mol. The lowest BCUT2D eigenvalue weighted by molar-refractivity contribution is 0.116. The fourth-order valence-electron chi connectivity index (χ4n) is 2.73. The summed E-state index contributed by atoms with van der Waals surface area (Å²) < 4.78 is 0. The van der Waals surface area contributed by atoms with Crippen molar-refractivity contribution in [1.29, 1.82) is 0 Å². The van der Waals surface area contributed by atoms with Gasteiger partial charge in [-0.25, -0.2) is 0 Å². The van der Waals surface area contributed by atoms with E-state index in [-0.39, 0.29) is 0 Å². The largest absolute Gasteiger partial charge is 0.309 e. The van der Waals surface area contributed by atoms with Gasteiger partial charge in [0.05, 0.1) is 0 Å². The Balaban J connectivity index is 2.34. The van der Waals surface area contributed by atoms with E-state index in [1.807, 2.05) is 0 Å². The van der Waals surface area contributed by atoms with Gasteiger partial charge in [-0.1, -0.05) is 36.7 Å². The molecule has 3 heteroatoms. The van der Waals surface area contributed by atoms with Crippen LogP contribution < -0.4 is 0 Å². The van der Waals surface area contributed by atoms with Gasteiger partial charge in [-0.15, -0.1) is 0 Å². The van der Waals surface area contributed by atoms with Gasteiger partial charge in [-0.05, 0) is 57.3 Å². The summed E-state index contributed by atoms with van der Waals surface area (Å²) in [4.78, 5) is 5.00. The van der Waals surface area contributed by atoms with Gasteiger partial charge in [0.2, 0.25) is 0 Å². The quantitative estimate of drug-likeness (QED) is 0.717. The standard InChI is InChI=1S/C15H31BrN2/c1-15(2,3)14(10-16)12-18-8-6-13(7-9-18)11-17(4)5/h13-14H,6-12H2,1-5H3. The van der Waals surface area contributed by atoms with Crippen molar-refractivity contribution in [2.45, 2.75) is 33.6 Å². The molecule has 0 saturated carbocycles. The second kappa shape index (κ2) is 7.25. The van der Waals surface area contributed by atoms with Crippen LogP contribution in [0.1, 0.15) is 33.6 Å². The van der Waals surface area contributed by atoms with Crippen LogP contribution in [0.5, 0.6) is 0 Å². The molecule has 0 aromatic rings. The molecule has 1 aliphatic heterocycles. The van der Waals surface area contributed by atoms with Crippen molar-refractivity contribution in [3.63, 3.8) is 0 Å². The van der Waals surface area contributed by atoms with E-state index in [1.165, 1.54) is 39.0 Å². The number of rotatable bonds is 5. The Bertz CT molecular complexity index is 227. The Morgan fingerprint density at radius 3 is 2.17 bits per heavy atom. The molecule has 108 valence electrons. The van der Waals surface area contributed by atoms with Crippen molar-refractivity contribution in [2.24, 2.45) is 17.3 Å². The van der Waals surface area contributed by atoms with Gasteiger partial charge in [0.15, 0.2) is 0 Å². The minimum absolute atomic E-state index is 0.407. The molecule has 0 bridgehead atoms. The maximum atomic E-state index is 3.69. The van der Waals surface area contributed by atoms with Crippen molar-refractivity contribution < 1.29 is 0 Å². The van der Waals surface area contributed by atoms with Crippen LogP contribution in [0.2, 0.25) is 0 Å². The van der Waals surface area contributed by atoms with Crippen LogP contribution in [0.3, 0.4) is 0 Å². The molecule has 0 aromatic carbocycles. The van der Waals surface area contributed by atoms with Gasteiger partial charge in [0, 0.05) is 18.4 Å². The number of hydrogen-bond donors (Lipinski definition) is 0. The molecule has 18 heavy (non-hydrogen) atoms. The van der Waals surface area contributed by atoms with Crippen molar-refractivity contribution in [3.8, 4) is 0 Å². The summed E-state index contributed by atoms with van der Waals surface area (Å²) in [5, 5.41) is 1.12. The second-order valence-corrected chi connectivity index (χ2v) is 7.87. The smallest absolute Gasteiger partial charge is 0.00768 e. The van der Waals surface area contributed by atoms with E-state index in [9.17, 15) is 0 Å². The maximum absolute atomic E-state index is 3.69. The predicted octanol–water partition coefficient (Wildman–Crippen LogP) is 3.32. The molecule has 1 heterocycles. The van der Waals surface area contributed by atoms with E-state index in [4.69, 9.17) is 0 Å². The summed E-state index contributed by atoms with van der Waals surface area (Å²) >= 11 is 3.69. The molecule has 0 aliphatic carbocycles. The van der Waals surface area contributed by atoms with Gasteiger partial charge in [0.1, 0.15) is 0 Å². The highest BCUT2D eigenvalue weighted by atomic mass is 79.9. The Labute approximate surface area is 122 Å².